The number of piperidine rings is 1. The number of likely N-dealkylation sites (tertiary alicyclic amines) is 1. The number of β-amino-alcohol motifs (C(OH)–C–C–N with tert-alkyl or cyclic N) is 1. The smallest absolute Gasteiger partial charge is 0.0671 e. The van der Waals surface area contributed by atoms with Crippen LogP contribution in [-0.2, 0) is 0 Å². The average Bonchev–Trinajstić information content (AvgIpc) is 2.02. The van der Waals surface area contributed by atoms with Gasteiger partial charge in [0.25, 0.3) is 0 Å². The van der Waals surface area contributed by atoms with Gasteiger partial charge < -0.3 is 5.11 Å². The molecule has 0 aliphatic carbocycles. The van der Waals surface area contributed by atoms with Crippen LogP contribution in [0.3, 0.4) is 0 Å². The summed E-state index contributed by atoms with van der Waals surface area (Å²) in [5.74, 6) is 0. The first-order chi connectivity index (χ1) is 6.43. The Hall–Kier alpha value is -0.770. The Labute approximate surface area is 84.3 Å². The molecule has 0 unspecified atom stereocenters. The van der Waals surface area contributed by atoms with Crippen LogP contribution in [0.5, 0.6) is 0 Å². The van der Waals surface area contributed by atoms with Gasteiger partial charge in [0.15, 0.2) is 0 Å². The predicted octanol–water partition coefficient (Wildman–Crippen LogP) is 1.53. The predicted molar refractivity (Wildman–Crippen MR) is 54.9 cm³/mol. The van der Waals surface area contributed by atoms with Crippen LogP contribution in [0, 0.1) is 0 Å². The van der Waals surface area contributed by atoms with Gasteiger partial charge in [-0.05, 0) is 32.7 Å². The fraction of sp³-hybridized carbons (Fsp3) is 1.00. The van der Waals surface area contributed by atoms with Crippen molar-refractivity contribution in [1.29, 1.82) is 0 Å². The van der Waals surface area contributed by atoms with Crippen LogP contribution < -0.4 is 0 Å². The van der Waals surface area contributed by atoms with E-state index in [1.54, 1.807) is 0 Å². The number of azide groups is 1. The lowest BCUT2D eigenvalue weighted by molar-refractivity contribution is 0.0135. The van der Waals surface area contributed by atoms with E-state index in [0.717, 1.165) is 6.54 Å². The van der Waals surface area contributed by atoms with Crippen LogP contribution in [0.15, 0.2) is 5.11 Å². The first-order valence-electron chi connectivity index (χ1n) is 4.91. The number of aliphatic hydroxyl groups excluding tert-OH is 1. The van der Waals surface area contributed by atoms with Gasteiger partial charge in [-0.1, -0.05) is 5.11 Å². The lowest BCUT2D eigenvalue weighted by Crippen LogP contribution is -2.53. The number of nitrogens with zero attached hydrogens (tertiary/aromatic N) is 4. The van der Waals surface area contributed by atoms with Crippen molar-refractivity contribution in [1.82, 2.24) is 4.90 Å². The molecule has 0 saturated carbocycles. The normalized spacial score (nSPS) is 29.7. The molecule has 1 N–H and O–H groups in total. The van der Waals surface area contributed by atoms with Crippen LogP contribution >= 0.6 is 0 Å². The van der Waals surface area contributed by atoms with Gasteiger partial charge in [0.2, 0.25) is 0 Å². The average molecular weight is 198 g/mol. The maximum Gasteiger partial charge on any atom is 0.0671 e. The zero-order valence-corrected chi connectivity index (χ0v) is 9.01. The van der Waals surface area contributed by atoms with Gasteiger partial charge in [-0.2, -0.15) is 0 Å². The van der Waals surface area contributed by atoms with Crippen molar-refractivity contribution in [2.24, 2.45) is 5.11 Å². The monoisotopic (exact) mass is 198 g/mol. The quantitative estimate of drug-likeness (QED) is 0.394. The highest BCUT2D eigenvalue weighted by molar-refractivity contribution is 4.89. The number of rotatable bonds is 1. The van der Waals surface area contributed by atoms with Crippen LogP contribution in [-0.4, -0.2) is 40.8 Å². The molecule has 0 aromatic carbocycles. The summed E-state index contributed by atoms with van der Waals surface area (Å²) >= 11 is 0. The van der Waals surface area contributed by atoms with Crippen LogP contribution in [0.25, 0.3) is 10.4 Å². The second-order valence-corrected chi connectivity index (χ2v) is 4.82. The summed E-state index contributed by atoms with van der Waals surface area (Å²) in [4.78, 5) is 4.95. The lowest BCUT2D eigenvalue weighted by atomic mass is 9.97. The third-order valence-corrected chi connectivity index (χ3v) is 2.57. The van der Waals surface area contributed by atoms with E-state index in [1.165, 1.54) is 0 Å². The van der Waals surface area contributed by atoms with Crippen LogP contribution in [0.2, 0.25) is 0 Å². The van der Waals surface area contributed by atoms with Gasteiger partial charge in [-0.25, -0.2) is 0 Å². The van der Waals surface area contributed by atoms with Gasteiger partial charge in [0.05, 0.1) is 12.1 Å². The Balaban J connectivity index is 2.67. The van der Waals surface area contributed by atoms with E-state index < -0.39 is 0 Å². The first-order valence-corrected chi connectivity index (χ1v) is 4.91. The zero-order valence-electron chi connectivity index (χ0n) is 9.01. The van der Waals surface area contributed by atoms with Crippen molar-refractivity contribution >= 4 is 0 Å². The summed E-state index contributed by atoms with van der Waals surface area (Å²) in [6.07, 6.45) is 0.204. The summed E-state index contributed by atoms with van der Waals surface area (Å²) in [7, 11) is 0. The molecule has 1 rings (SSSR count). The van der Waals surface area contributed by atoms with Crippen molar-refractivity contribution in [3.63, 3.8) is 0 Å². The Kier molecular flexibility index (Phi) is 3.37. The molecular weight excluding hydrogens is 180 g/mol. The van der Waals surface area contributed by atoms with Crippen molar-refractivity contribution in [3.8, 4) is 0 Å². The summed E-state index contributed by atoms with van der Waals surface area (Å²) in [6, 6.07) is -0.0945. The molecule has 14 heavy (non-hydrogen) atoms. The summed E-state index contributed by atoms with van der Waals surface area (Å²) < 4.78 is 0. The van der Waals surface area contributed by atoms with Gasteiger partial charge >= 0.3 is 0 Å². The number of hydrogen-bond donors (Lipinski definition) is 1. The number of hydrogen-bond acceptors (Lipinski definition) is 3. The van der Waals surface area contributed by atoms with E-state index in [-0.39, 0.29) is 17.7 Å². The standard InChI is InChI=1S/C9H18N4O/c1-9(2,3)13-5-7(11-12-10)4-8(14)6-13/h7-8,14H,4-6H2,1-3H3/t7-,8-/m1/s1. The summed E-state index contributed by atoms with van der Waals surface area (Å²) in [5.41, 5.74) is 8.37. The molecule has 0 aromatic heterocycles. The molecule has 80 valence electrons. The maximum atomic E-state index is 9.62. The van der Waals surface area contributed by atoms with Gasteiger partial charge in [0, 0.05) is 23.5 Å². The molecule has 1 saturated heterocycles. The highest BCUT2D eigenvalue weighted by atomic mass is 16.3. The van der Waals surface area contributed by atoms with Crippen LogP contribution in [0.4, 0.5) is 0 Å². The van der Waals surface area contributed by atoms with E-state index in [4.69, 9.17) is 5.53 Å². The molecule has 0 spiro atoms. The minimum atomic E-state index is -0.376. The number of aliphatic hydroxyl groups is 1. The second-order valence-electron chi connectivity index (χ2n) is 4.82. The molecule has 5 nitrogen and oxygen atoms in total. The molecular formula is C9H18N4O. The van der Waals surface area contributed by atoms with Crippen molar-refractivity contribution in [3.05, 3.63) is 10.4 Å². The summed E-state index contributed by atoms with van der Waals surface area (Å²) in [6.45, 7) is 7.69. The van der Waals surface area contributed by atoms with E-state index in [0.29, 0.717) is 13.0 Å². The molecule has 0 radical (unpaired) electrons. The Morgan fingerprint density at radius 2 is 2.07 bits per heavy atom. The minimum absolute atomic E-state index is 0.0185. The third kappa shape index (κ3) is 2.87. The fourth-order valence-electron chi connectivity index (χ4n) is 1.75. The first kappa shape index (κ1) is 11.3. The molecule has 1 fully saturated rings. The van der Waals surface area contributed by atoms with Gasteiger partial charge in [-0.3, -0.25) is 4.90 Å². The van der Waals surface area contributed by atoms with Crippen molar-refractivity contribution < 1.29 is 5.11 Å². The van der Waals surface area contributed by atoms with E-state index >= 15 is 0 Å². The SMILES string of the molecule is CC(C)(C)N1C[C@H](O)C[C@@H](N=[N+]=[N-])C1. The second kappa shape index (κ2) is 4.17. The highest BCUT2D eigenvalue weighted by Gasteiger charge is 2.31. The minimum Gasteiger partial charge on any atom is -0.392 e. The lowest BCUT2D eigenvalue weighted by Gasteiger charge is -2.42. The Morgan fingerprint density at radius 3 is 2.57 bits per heavy atom. The van der Waals surface area contributed by atoms with E-state index in [1.807, 2.05) is 0 Å². The molecule has 1 heterocycles. The topological polar surface area (TPSA) is 72.2 Å². The maximum absolute atomic E-state index is 9.62. The highest BCUT2D eigenvalue weighted by Crippen LogP contribution is 2.21. The van der Waals surface area contributed by atoms with E-state index in [2.05, 4.69) is 35.7 Å². The molecule has 1 aliphatic heterocycles. The zero-order chi connectivity index (χ0) is 10.8. The largest absolute Gasteiger partial charge is 0.392 e. The van der Waals surface area contributed by atoms with E-state index in [9.17, 15) is 5.11 Å². The Bertz CT molecular complexity index is 242. The molecule has 0 bridgehead atoms. The molecule has 0 amide bonds. The fourth-order valence-corrected chi connectivity index (χ4v) is 1.75. The van der Waals surface area contributed by atoms with Gasteiger partial charge in [-0.15, -0.1) is 0 Å². The van der Waals surface area contributed by atoms with Crippen molar-refractivity contribution in [2.45, 2.75) is 44.9 Å². The molecule has 0 aromatic rings. The summed E-state index contributed by atoms with van der Waals surface area (Å²) in [5, 5.41) is 13.3. The van der Waals surface area contributed by atoms with Gasteiger partial charge in [0.1, 0.15) is 0 Å². The van der Waals surface area contributed by atoms with Crippen molar-refractivity contribution in [2.75, 3.05) is 13.1 Å². The molecule has 5 heteroatoms. The molecule has 1 aliphatic rings. The molecule has 2 atom stereocenters. The third-order valence-electron chi connectivity index (χ3n) is 2.57. The Morgan fingerprint density at radius 1 is 1.43 bits per heavy atom. The van der Waals surface area contributed by atoms with Crippen LogP contribution in [0.1, 0.15) is 27.2 Å².